The average molecular weight is 325 g/mol. The zero-order valence-corrected chi connectivity index (χ0v) is 14.5. The minimum atomic E-state index is -1.63. The maximum Gasteiger partial charge on any atom is 0.294 e. The molecule has 1 amide bonds. The van der Waals surface area contributed by atoms with Crippen LogP contribution in [0, 0.1) is 0 Å². The quantitative estimate of drug-likeness (QED) is 0.645. The van der Waals surface area contributed by atoms with Crippen LogP contribution in [-0.4, -0.2) is 39.9 Å². The zero-order valence-electron chi connectivity index (χ0n) is 12.7. The Balaban J connectivity index is 2.31. The molecule has 0 atom stereocenters. The number of hydrogen-bond donors (Lipinski definition) is 2. The minimum absolute atomic E-state index is 0.131. The van der Waals surface area contributed by atoms with E-state index < -0.39 is 8.07 Å². The van der Waals surface area contributed by atoms with E-state index in [2.05, 4.69) is 59.4 Å². The van der Waals surface area contributed by atoms with Crippen molar-refractivity contribution in [2.24, 2.45) is 0 Å². The number of hydrogen-bond acceptors (Lipinski definition) is 6. The highest BCUT2D eigenvalue weighted by atomic mass is 32.2. The standard InChI is InChI=1S/C12H19N5O2SSi/c1-7(2)20-8-6-9(21(3,4)5)19-10(8)11(18)13-12-14-16-17-15-12/h6-7H,1-5H3,(H2,13,14,15,16,17,18). The molecule has 2 N–H and O–H groups in total. The summed E-state index contributed by atoms with van der Waals surface area (Å²) < 4.78 is 5.83. The molecule has 0 radical (unpaired) electrons. The number of thioether (sulfide) groups is 1. The fraction of sp³-hybridized carbons (Fsp3) is 0.500. The Labute approximate surface area is 128 Å². The number of aromatic nitrogens is 4. The molecular weight excluding hydrogens is 306 g/mol. The molecule has 7 nitrogen and oxygen atoms in total. The van der Waals surface area contributed by atoms with Gasteiger partial charge < -0.3 is 4.42 Å². The lowest BCUT2D eigenvalue weighted by atomic mass is 10.4. The molecule has 2 rings (SSSR count). The van der Waals surface area contributed by atoms with Crippen molar-refractivity contribution < 1.29 is 9.21 Å². The van der Waals surface area contributed by atoms with Gasteiger partial charge in [-0.1, -0.05) is 38.6 Å². The smallest absolute Gasteiger partial charge is 0.294 e. The highest BCUT2D eigenvalue weighted by molar-refractivity contribution is 8.00. The summed E-state index contributed by atoms with van der Waals surface area (Å²) >= 11 is 1.61. The van der Waals surface area contributed by atoms with Crippen LogP contribution in [-0.2, 0) is 0 Å². The summed E-state index contributed by atoms with van der Waals surface area (Å²) in [6.07, 6.45) is 0. The second kappa shape index (κ2) is 6.02. The number of H-pyrrole nitrogens is 1. The normalized spacial score (nSPS) is 11.9. The maximum absolute atomic E-state index is 12.3. The van der Waals surface area contributed by atoms with Gasteiger partial charge >= 0.3 is 0 Å². The van der Waals surface area contributed by atoms with E-state index in [9.17, 15) is 4.79 Å². The lowest BCUT2D eigenvalue weighted by Gasteiger charge is -2.10. The molecule has 2 aromatic rings. The molecular formula is C12H19N5O2SSi. The second-order valence-electron chi connectivity index (χ2n) is 5.91. The topological polar surface area (TPSA) is 96.7 Å². The van der Waals surface area contributed by atoms with Gasteiger partial charge in [0.15, 0.2) is 0 Å². The SMILES string of the molecule is CC(C)Sc1cc([Si](C)(C)C)oc1C(=O)Nc1nn[nH]n1. The average Bonchev–Trinajstić information content (AvgIpc) is 2.96. The van der Waals surface area contributed by atoms with E-state index in [0.29, 0.717) is 11.0 Å². The third-order valence-corrected chi connectivity index (χ3v) is 5.33. The first-order chi connectivity index (χ1) is 9.77. The Morgan fingerprint density at radius 1 is 1.43 bits per heavy atom. The molecule has 0 aromatic carbocycles. The first kappa shape index (κ1) is 15.8. The number of anilines is 1. The van der Waals surface area contributed by atoms with Gasteiger partial charge in [-0.3, -0.25) is 10.1 Å². The largest absolute Gasteiger partial charge is 0.460 e. The third kappa shape index (κ3) is 3.94. The van der Waals surface area contributed by atoms with Crippen molar-refractivity contribution in [2.45, 2.75) is 43.6 Å². The van der Waals surface area contributed by atoms with Crippen molar-refractivity contribution in [3.63, 3.8) is 0 Å². The summed E-state index contributed by atoms with van der Waals surface area (Å²) in [7, 11) is -1.63. The van der Waals surface area contributed by atoms with Gasteiger partial charge in [-0.15, -0.1) is 16.9 Å². The Morgan fingerprint density at radius 3 is 2.67 bits per heavy atom. The van der Waals surface area contributed by atoms with Crippen LogP contribution in [0.4, 0.5) is 5.95 Å². The zero-order chi connectivity index (χ0) is 15.6. The second-order valence-corrected chi connectivity index (χ2v) is 12.5. The van der Waals surface area contributed by atoms with E-state index >= 15 is 0 Å². The summed E-state index contributed by atoms with van der Waals surface area (Å²) in [4.78, 5) is 13.2. The molecule has 9 heteroatoms. The molecule has 0 saturated carbocycles. The number of furan rings is 1. The summed E-state index contributed by atoms with van der Waals surface area (Å²) in [6.45, 7) is 10.7. The lowest BCUT2D eigenvalue weighted by Crippen LogP contribution is -2.36. The van der Waals surface area contributed by atoms with Crippen LogP contribution >= 0.6 is 11.8 Å². The van der Waals surface area contributed by atoms with E-state index in [4.69, 9.17) is 4.42 Å². The van der Waals surface area contributed by atoms with E-state index in [1.54, 1.807) is 11.8 Å². The van der Waals surface area contributed by atoms with Crippen LogP contribution in [0.1, 0.15) is 24.4 Å². The van der Waals surface area contributed by atoms with Crippen LogP contribution < -0.4 is 10.7 Å². The summed E-state index contributed by atoms with van der Waals surface area (Å²) in [5.41, 5.74) is 0. The van der Waals surface area contributed by atoms with Crippen LogP contribution in [0.5, 0.6) is 0 Å². The van der Waals surface area contributed by atoms with Gasteiger partial charge in [-0.05, 0) is 11.3 Å². The molecule has 0 unspecified atom stereocenters. The Morgan fingerprint density at radius 2 is 2.14 bits per heavy atom. The predicted molar refractivity (Wildman–Crippen MR) is 84.8 cm³/mol. The number of nitrogens with zero attached hydrogens (tertiary/aromatic N) is 3. The van der Waals surface area contributed by atoms with Gasteiger partial charge in [0, 0.05) is 5.25 Å². The fourth-order valence-corrected chi connectivity index (χ4v) is 3.63. The maximum atomic E-state index is 12.3. The number of aromatic amines is 1. The minimum Gasteiger partial charge on any atom is -0.460 e. The van der Waals surface area contributed by atoms with Crippen molar-refractivity contribution >= 4 is 37.1 Å². The van der Waals surface area contributed by atoms with Crippen LogP contribution in [0.25, 0.3) is 0 Å². The molecule has 2 aromatic heterocycles. The number of tetrazole rings is 1. The Hall–Kier alpha value is -1.61. The third-order valence-electron chi connectivity index (χ3n) is 2.58. The van der Waals surface area contributed by atoms with Gasteiger partial charge in [-0.2, -0.15) is 5.21 Å². The molecule has 0 bridgehead atoms. The molecule has 0 fully saturated rings. The van der Waals surface area contributed by atoms with Gasteiger partial charge in [0.05, 0.1) is 10.3 Å². The number of carbonyl (C=O) groups excluding carboxylic acids is 1. The van der Waals surface area contributed by atoms with Crippen molar-refractivity contribution in [3.05, 3.63) is 11.8 Å². The predicted octanol–water partition coefficient (Wildman–Crippen LogP) is 2.09. The summed E-state index contributed by atoms with van der Waals surface area (Å²) in [5.74, 6) is 0.0893. The highest BCUT2D eigenvalue weighted by Gasteiger charge is 2.27. The van der Waals surface area contributed by atoms with Crippen molar-refractivity contribution in [1.29, 1.82) is 0 Å². The molecule has 114 valence electrons. The van der Waals surface area contributed by atoms with Gasteiger partial charge in [-0.25, -0.2) is 0 Å². The summed E-state index contributed by atoms with van der Waals surface area (Å²) in [5, 5.41) is 16.9. The van der Waals surface area contributed by atoms with E-state index in [1.165, 1.54) is 0 Å². The molecule has 21 heavy (non-hydrogen) atoms. The Bertz CT molecular complexity index is 618. The highest BCUT2D eigenvalue weighted by Crippen LogP contribution is 2.28. The molecule has 2 heterocycles. The van der Waals surface area contributed by atoms with Crippen molar-refractivity contribution in [2.75, 3.05) is 5.32 Å². The number of nitrogens with one attached hydrogen (secondary N) is 2. The molecule has 0 aliphatic rings. The monoisotopic (exact) mass is 325 g/mol. The lowest BCUT2D eigenvalue weighted by molar-refractivity contribution is 0.0993. The molecule has 0 aliphatic carbocycles. The van der Waals surface area contributed by atoms with E-state index in [-0.39, 0.29) is 11.9 Å². The number of carbonyl (C=O) groups is 1. The fourth-order valence-electron chi connectivity index (χ4n) is 1.62. The molecule has 0 saturated heterocycles. The first-order valence-corrected chi connectivity index (χ1v) is 11.0. The van der Waals surface area contributed by atoms with Gasteiger partial charge in [0.2, 0.25) is 5.76 Å². The van der Waals surface area contributed by atoms with Crippen LogP contribution in [0.2, 0.25) is 19.6 Å². The van der Waals surface area contributed by atoms with Crippen LogP contribution in [0.3, 0.4) is 0 Å². The molecule has 0 aliphatic heterocycles. The van der Waals surface area contributed by atoms with E-state index in [0.717, 1.165) is 10.3 Å². The van der Waals surface area contributed by atoms with Crippen molar-refractivity contribution in [3.8, 4) is 0 Å². The van der Waals surface area contributed by atoms with Crippen LogP contribution in [0.15, 0.2) is 15.4 Å². The van der Waals surface area contributed by atoms with E-state index in [1.807, 2.05) is 6.07 Å². The summed E-state index contributed by atoms with van der Waals surface area (Å²) in [6, 6.07) is 1.99. The van der Waals surface area contributed by atoms with Gasteiger partial charge in [0.25, 0.3) is 11.9 Å². The number of rotatable bonds is 5. The van der Waals surface area contributed by atoms with Crippen molar-refractivity contribution in [1.82, 2.24) is 20.6 Å². The Kier molecular flexibility index (Phi) is 4.52. The molecule has 0 spiro atoms. The van der Waals surface area contributed by atoms with Gasteiger partial charge in [0.1, 0.15) is 8.07 Å². The first-order valence-electron chi connectivity index (χ1n) is 6.63. The number of amides is 1.